The summed E-state index contributed by atoms with van der Waals surface area (Å²) in [6, 6.07) is 34.7. The Morgan fingerprint density at radius 3 is 1.93 bits per heavy atom. The van der Waals surface area contributed by atoms with Gasteiger partial charge in [-0.3, -0.25) is 13.8 Å². The zero-order valence-electron chi connectivity index (χ0n) is 21.1. The minimum Gasteiger partial charge on any atom is -0.325 e. The molecule has 0 unspecified atom stereocenters. The summed E-state index contributed by atoms with van der Waals surface area (Å²) >= 11 is 0. The lowest BCUT2D eigenvalue weighted by Crippen LogP contribution is -2.38. The van der Waals surface area contributed by atoms with Crippen molar-refractivity contribution in [1.82, 2.24) is 0 Å². The Morgan fingerprint density at radius 2 is 1.23 bits per heavy atom. The Bertz CT molecular complexity index is 1860. The molecule has 0 saturated heterocycles. The maximum absolute atomic E-state index is 13.4. The number of benzene rings is 5. The average Bonchev–Trinajstić information content (AvgIpc) is 2.97. The normalized spacial score (nSPS) is 11.6. The number of nitrogens with one attached hydrogen (secondary N) is 2. The van der Waals surface area contributed by atoms with E-state index in [0.29, 0.717) is 17.1 Å². The van der Waals surface area contributed by atoms with E-state index in [4.69, 9.17) is 0 Å². The van der Waals surface area contributed by atoms with Crippen LogP contribution in [0.3, 0.4) is 0 Å². The summed E-state index contributed by atoms with van der Waals surface area (Å²) in [4.78, 5) is 13.0. The van der Waals surface area contributed by atoms with Crippen molar-refractivity contribution in [3.8, 4) is 0 Å². The van der Waals surface area contributed by atoms with Crippen LogP contribution in [0.1, 0.15) is 0 Å². The molecular formula is C30H25N3O5S2. The molecule has 0 heterocycles. The summed E-state index contributed by atoms with van der Waals surface area (Å²) in [6.07, 6.45) is 0. The second kappa shape index (κ2) is 11.2. The number of carbonyl (C=O) groups excluding carboxylic acids is 1. The molecule has 10 heteroatoms. The fourth-order valence-electron chi connectivity index (χ4n) is 4.20. The number of hydrogen-bond donors (Lipinski definition) is 2. The van der Waals surface area contributed by atoms with Gasteiger partial charge in [-0.1, -0.05) is 72.8 Å². The van der Waals surface area contributed by atoms with Gasteiger partial charge in [-0.05, 0) is 60.0 Å². The van der Waals surface area contributed by atoms with Crippen molar-refractivity contribution in [3.05, 3.63) is 127 Å². The first-order valence-corrected chi connectivity index (χ1v) is 15.2. The SMILES string of the molecule is O=C(CN(c1ccccc1)S(=O)(=O)c1ccccc1)Nc1ccc(S(=O)(=O)Nc2cccc3ccccc23)cc1. The van der Waals surface area contributed by atoms with E-state index < -0.39 is 32.5 Å². The highest BCUT2D eigenvalue weighted by Gasteiger charge is 2.27. The van der Waals surface area contributed by atoms with E-state index in [9.17, 15) is 21.6 Å². The Labute approximate surface area is 233 Å². The highest BCUT2D eigenvalue weighted by molar-refractivity contribution is 7.93. The lowest BCUT2D eigenvalue weighted by molar-refractivity contribution is -0.114. The molecular weight excluding hydrogens is 546 g/mol. The molecule has 0 aliphatic heterocycles. The van der Waals surface area contributed by atoms with Gasteiger partial charge in [-0.25, -0.2) is 16.8 Å². The summed E-state index contributed by atoms with van der Waals surface area (Å²) in [5.74, 6) is -0.590. The van der Waals surface area contributed by atoms with Crippen molar-refractivity contribution in [2.24, 2.45) is 0 Å². The first kappa shape index (κ1) is 26.9. The summed E-state index contributed by atoms with van der Waals surface area (Å²) in [5.41, 5.74) is 1.11. The van der Waals surface area contributed by atoms with Crippen molar-refractivity contribution in [1.29, 1.82) is 0 Å². The Balaban J connectivity index is 1.33. The van der Waals surface area contributed by atoms with Crippen LogP contribution in [0.25, 0.3) is 10.8 Å². The summed E-state index contributed by atoms with van der Waals surface area (Å²) in [6.45, 7) is -0.482. The molecule has 0 fully saturated rings. The van der Waals surface area contributed by atoms with Gasteiger partial charge in [0.15, 0.2) is 0 Å². The van der Waals surface area contributed by atoms with E-state index in [0.717, 1.165) is 15.1 Å². The van der Waals surface area contributed by atoms with Crippen LogP contribution in [0.4, 0.5) is 17.1 Å². The molecule has 0 radical (unpaired) electrons. The highest BCUT2D eigenvalue weighted by Crippen LogP contribution is 2.27. The number of hydrogen-bond acceptors (Lipinski definition) is 5. The van der Waals surface area contributed by atoms with Gasteiger partial charge in [-0.15, -0.1) is 0 Å². The number of rotatable bonds is 9. The fraction of sp³-hybridized carbons (Fsp3) is 0.0333. The number of carbonyl (C=O) groups is 1. The molecule has 0 aliphatic carbocycles. The van der Waals surface area contributed by atoms with Gasteiger partial charge in [0.05, 0.1) is 21.2 Å². The number of para-hydroxylation sites is 1. The minimum absolute atomic E-state index is 0.0102. The third-order valence-electron chi connectivity index (χ3n) is 6.14. The smallest absolute Gasteiger partial charge is 0.264 e. The molecule has 5 aromatic carbocycles. The van der Waals surface area contributed by atoms with Crippen LogP contribution in [0.15, 0.2) is 137 Å². The molecule has 0 aliphatic rings. The van der Waals surface area contributed by atoms with Crippen LogP contribution in [-0.2, 0) is 24.8 Å². The summed E-state index contributed by atoms with van der Waals surface area (Å²) in [5, 5.41) is 4.33. The number of amides is 1. The molecule has 5 aromatic rings. The predicted octanol–water partition coefficient (Wildman–Crippen LogP) is 5.47. The van der Waals surface area contributed by atoms with Crippen LogP contribution < -0.4 is 14.3 Å². The first-order chi connectivity index (χ1) is 19.2. The molecule has 0 aromatic heterocycles. The van der Waals surface area contributed by atoms with Crippen LogP contribution in [-0.4, -0.2) is 29.3 Å². The van der Waals surface area contributed by atoms with Gasteiger partial charge in [-0.2, -0.15) is 0 Å². The maximum atomic E-state index is 13.4. The first-order valence-electron chi connectivity index (χ1n) is 12.3. The zero-order valence-corrected chi connectivity index (χ0v) is 22.8. The van der Waals surface area contributed by atoms with Gasteiger partial charge >= 0.3 is 0 Å². The molecule has 202 valence electrons. The van der Waals surface area contributed by atoms with E-state index in [1.54, 1.807) is 60.7 Å². The van der Waals surface area contributed by atoms with Crippen molar-refractivity contribution < 1.29 is 21.6 Å². The van der Waals surface area contributed by atoms with Crippen molar-refractivity contribution in [2.45, 2.75) is 9.79 Å². The standard InChI is InChI=1S/C30H25N3O5S2/c34-30(22-33(25-12-3-1-4-13-25)40(37,38)27-14-5-2-6-15-27)31-24-18-20-26(21-19-24)39(35,36)32-29-17-9-11-23-10-7-8-16-28(23)29/h1-21,32H,22H2,(H,31,34). The molecule has 2 N–H and O–H groups in total. The Morgan fingerprint density at radius 1 is 0.625 bits per heavy atom. The van der Waals surface area contributed by atoms with Gasteiger partial charge in [0.25, 0.3) is 20.0 Å². The fourth-order valence-corrected chi connectivity index (χ4v) is 6.72. The lowest BCUT2D eigenvalue weighted by atomic mass is 10.1. The van der Waals surface area contributed by atoms with Crippen molar-refractivity contribution in [2.75, 3.05) is 20.9 Å². The second-order valence-electron chi connectivity index (χ2n) is 8.87. The monoisotopic (exact) mass is 571 g/mol. The van der Waals surface area contributed by atoms with E-state index >= 15 is 0 Å². The van der Waals surface area contributed by atoms with Crippen LogP contribution >= 0.6 is 0 Å². The molecule has 40 heavy (non-hydrogen) atoms. The molecule has 0 saturated carbocycles. The average molecular weight is 572 g/mol. The molecule has 8 nitrogen and oxygen atoms in total. The second-order valence-corrected chi connectivity index (χ2v) is 12.4. The Kier molecular flexibility index (Phi) is 7.54. The maximum Gasteiger partial charge on any atom is 0.264 e. The molecule has 0 spiro atoms. The van der Waals surface area contributed by atoms with E-state index in [-0.39, 0.29) is 9.79 Å². The molecule has 0 atom stereocenters. The third-order valence-corrected chi connectivity index (χ3v) is 9.31. The van der Waals surface area contributed by atoms with E-state index in [1.165, 1.54) is 36.4 Å². The minimum atomic E-state index is -4.03. The number of anilines is 3. The van der Waals surface area contributed by atoms with E-state index in [2.05, 4.69) is 10.0 Å². The quantitative estimate of drug-likeness (QED) is 0.244. The Hall–Kier alpha value is -4.67. The van der Waals surface area contributed by atoms with Crippen LogP contribution in [0.5, 0.6) is 0 Å². The topological polar surface area (TPSA) is 113 Å². The van der Waals surface area contributed by atoms with E-state index in [1.807, 2.05) is 30.3 Å². The molecule has 1 amide bonds. The van der Waals surface area contributed by atoms with Gasteiger partial charge in [0.2, 0.25) is 5.91 Å². The number of nitrogens with zero attached hydrogens (tertiary/aromatic N) is 1. The predicted molar refractivity (Wildman–Crippen MR) is 157 cm³/mol. The van der Waals surface area contributed by atoms with Gasteiger partial charge in [0.1, 0.15) is 6.54 Å². The molecule has 0 bridgehead atoms. The van der Waals surface area contributed by atoms with Crippen molar-refractivity contribution in [3.63, 3.8) is 0 Å². The molecule has 5 rings (SSSR count). The summed E-state index contributed by atoms with van der Waals surface area (Å²) in [7, 11) is -7.93. The van der Waals surface area contributed by atoms with Crippen LogP contribution in [0.2, 0.25) is 0 Å². The number of sulfonamides is 2. The van der Waals surface area contributed by atoms with Gasteiger partial charge < -0.3 is 5.32 Å². The van der Waals surface area contributed by atoms with Crippen molar-refractivity contribution >= 4 is 53.8 Å². The zero-order chi connectivity index (χ0) is 28.2. The largest absolute Gasteiger partial charge is 0.325 e. The number of fused-ring (bicyclic) bond motifs is 1. The highest BCUT2D eigenvalue weighted by atomic mass is 32.2. The third kappa shape index (κ3) is 5.83. The lowest BCUT2D eigenvalue weighted by Gasteiger charge is -2.24. The van der Waals surface area contributed by atoms with Gasteiger partial charge in [0, 0.05) is 11.1 Å². The van der Waals surface area contributed by atoms with Crippen LogP contribution in [0, 0.1) is 0 Å². The summed E-state index contributed by atoms with van der Waals surface area (Å²) < 4.78 is 56.5.